The largest absolute Gasteiger partial charge is 0.357 e. The third kappa shape index (κ3) is 3.17. The van der Waals surface area contributed by atoms with E-state index in [2.05, 4.69) is 10.3 Å². The molecule has 2 rings (SSSR count). The molecular formula is C14H13Cl2FN2. The third-order valence-electron chi connectivity index (χ3n) is 2.88. The maximum absolute atomic E-state index is 13.8. The van der Waals surface area contributed by atoms with Crippen molar-refractivity contribution in [1.82, 2.24) is 4.98 Å². The van der Waals surface area contributed by atoms with Gasteiger partial charge in [-0.05, 0) is 18.6 Å². The van der Waals surface area contributed by atoms with E-state index in [1.54, 1.807) is 0 Å². The molecule has 0 radical (unpaired) electrons. The summed E-state index contributed by atoms with van der Waals surface area (Å²) >= 11 is 11.7. The van der Waals surface area contributed by atoms with Gasteiger partial charge in [0.05, 0.1) is 10.6 Å². The van der Waals surface area contributed by atoms with Crippen molar-refractivity contribution in [3.05, 3.63) is 59.0 Å². The summed E-state index contributed by atoms with van der Waals surface area (Å²) in [5.74, 6) is -0.0861. The van der Waals surface area contributed by atoms with Gasteiger partial charge >= 0.3 is 0 Å². The van der Waals surface area contributed by atoms with Crippen molar-refractivity contribution in [2.45, 2.75) is 12.5 Å². The van der Waals surface area contributed by atoms with Gasteiger partial charge in [-0.3, -0.25) is 0 Å². The number of nitrogens with zero attached hydrogens (tertiary/aromatic N) is 1. The van der Waals surface area contributed by atoms with Crippen LogP contribution in [0.15, 0.2) is 42.6 Å². The van der Waals surface area contributed by atoms with Crippen LogP contribution in [0.5, 0.6) is 0 Å². The second kappa shape index (κ2) is 5.76. The highest BCUT2D eigenvalue weighted by Gasteiger charge is 2.26. The zero-order valence-corrected chi connectivity index (χ0v) is 11.8. The average Bonchev–Trinajstić information content (AvgIpc) is 2.43. The molecule has 1 atom stereocenters. The number of pyridine rings is 1. The maximum atomic E-state index is 13.8. The Balaban J connectivity index is 2.33. The van der Waals surface area contributed by atoms with Crippen LogP contribution < -0.4 is 5.32 Å². The molecule has 5 heteroatoms. The van der Waals surface area contributed by atoms with Crippen molar-refractivity contribution in [2.75, 3.05) is 11.2 Å². The predicted octanol–water partition coefficient (Wildman–Crippen LogP) is 4.44. The van der Waals surface area contributed by atoms with Crippen LogP contribution in [0.25, 0.3) is 0 Å². The minimum absolute atomic E-state index is 0.136. The van der Waals surface area contributed by atoms with E-state index in [0.717, 1.165) is 5.56 Å². The first-order valence-electron chi connectivity index (χ1n) is 5.76. The summed E-state index contributed by atoms with van der Waals surface area (Å²) < 4.78 is 13.8. The standard InChI is InChI=1S/C14H13Cl2FN2/c1-14(9-15,10-5-3-2-4-6-10)19-13-12(17)7-11(16)8-18-13/h2-8H,9H2,1H3,(H,18,19). The molecule has 0 aliphatic heterocycles. The summed E-state index contributed by atoms with van der Waals surface area (Å²) in [5.41, 5.74) is 0.353. The van der Waals surface area contributed by atoms with Gasteiger partial charge < -0.3 is 5.32 Å². The van der Waals surface area contributed by atoms with Crippen LogP contribution in [-0.2, 0) is 5.54 Å². The van der Waals surface area contributed by atoms with Crippen molar-refractivity contribution < 1.29 is 4.39 Å². The number of hydrogen-bond acceptors (Lipinski definition) is 2. The van der Waals surface area contributed by atoms with E-state index < -0.39 is 11.4 Å². The van der Waals surface area contributed by atoms with E-state index in [4.69, 9.17) is 23.2 Å². The number of rotatable bonds is 4. The van der Waals surface area contributed by atoms with Gasteiger partial charge in [-0.25, -0.2) is 9.37 Å². The molecule has 0 aliphatic carbocycles. The Labute approximate surface area is 121 Å². The van der Waals surface area contributed by atoms with Crippen LogP contribution in [-0.4, -0.2) is 10.9 Å². The molecule has 2 nitrogen and oxygen atoms in total. The summed E-state index contributed by atoms with van der Waals surface area (Å²) in [6, 6.07) is 10.8. The molecule has 0 saturated heterocycles. The summed E-state index contributed by atoms with van der Waals surface area (Å²) in [7, 11) is 0. The first-order valence-corrected chi connectivity index (χ1v) is 6.67. The fraction of sp³-hybridized carbons (Fsp3) is 0.214. The van der Waals surface area contributed by atoms with Crippen molar-refractivity contribution in [2.24, 2.45) is 0 Å². The summed E-state index contributed by atoms with van der Waals surface area (Å²) in [6.07, 6.45) is 1.40. The van der Waals surface area contributed by atoms with Gasteiger partial charge in [-0.2, -0.15) is 0 Å². The lowest BCUT2D eigenvalue weighted by atomic mass is 9.94. The maximum Gasteiger partial charge on any atom is 0.166 e. The van der Waals surface area contributed by atoms with Crippen LogP contribution in [0.2, 0.25) is 5.02 Å². The van der Waals surface area contributed by atoms with Crippen LogP contribution in [0.4, 0.5) is 10.2 Å². The van der Waals surface area contributed by atoms with Crippen LogP contribution >= 0.6 is 23.2 Å². The molecule has 1 aromatic carbocycles. The number of benzene rings is 1. The monoisotopic (exact) mass is 298 g/mol. The Kier molecular flexibility index (Phi) is 4.27. The quantitative estimate of drug-likeness (QED) is 0.844. The first-order chi connectivity index (χ1) is 9.05. The molecule has 2 aromatic rings. The molecule has 0 spiro atoms. The van der Waals surface area contributed by atoms with Gasteiger partial charge in [0.25, 0.3) is 0 Å². The molecular weight excluding hydrogens is 286 g/mol. The Hall–Kier alpha value is -1.32. The Morgan fingerprint density at radius 2 is 2.00 bits per heavy atom. The molecule has 1 N–H and O–H groups in total. The summed E-state index contributed by atoms with van der Waals surface area (Å²) in [4.78, 5) is 3.96. The third-order valence-corrected chi connectivity index (χ3v) is 3.62. The molecule has 0 fully saturated rings. The zero-order chi connectivity index (χ0) is 13.9. The smallest absolute Gasteiger partial charge is 0.166 e. The van der Waals surface area contributed by atoms with Crippen LogP contribution in [0.3, 0.4) is 0 Å². The van der Waals surface area contributed by atoms with Gasteiger partial charge in [-0.1, -0.05) is 41.9 Å². The van der Waals surface area contributed by atoms with Crippen molar-refractivity contribution in [3.8, 4) is 0 Å². The van der Waals surface area contributed by atoms with Gasteiger partial charge in [-0.15, -0.1) is 11.6 Å². The molecule has 1 aromatic heterocycles. The van der Waals surface area contributed by atoms with E-state index >= 15 is 0 Å². The molecule has 19 heavy (non-hydrogen) atoms. The highest BCUT2D eigenvalue weighted by Crippen LogP contribution is 2.28. The molecule has 0 bridgehead atoms. The van der Waals surface area contributed by atoms with Crippen molar-refractivity contribution in [1.29, 1.82) is 0 Å². The average molecular weight is 299 g/mol. The van der Waals surface area contributed by atoms with Gasteiger partial charge in [0, 0.05) is 12.1 Å². The fourth-order valence-electron chi connectivity index (χ4n) is 1.76. The number of aromatic nitrogens is 1. The molecule has 0 amide bonds. The highest BCUT2D eigenvalue weighted by atomic mass is 35.5. The molecule has 1 heterocycles. The van der Waals surface area contributed by atoms with Crippen molar-refractivity contribution >= 4 is 29.0 Å². The Morgan fingerprint density at radius 3 is 2.58 bits per heavy atom. The van der Waals surface area contributed by atoms with Gasteiger partial charge in [0.2, 0.25) is 0 Å². The number of alkyl halides is 1. The van der Waals surface area contributed by atoms with Gasteiger partial charge in [0.1, 0.15) is 0 Å². The van der Waals surface area contributed by atoms with E-state index in [0.29, 0.717) is 0 Å². The minimum Gasteiger partial charge on any atom is -0.357 e. The lowest BCUT2D eigenvalue weighted by molar-refractivity contribution is 0.582. The summed E-state index contributed by atoms with van der Waals surface area (Å²) in [6.45, 7) is 1.89. The van der Waals surface area contributed by atoms with Crippen LogP contribution in [0, 0.1) is 5.82 Å². The number of hydrogen-bond donors (Lipinski definition) is 1. The highest BCUT2D eigenvalue weighted by molar-refractivity contribution is 6.30. The van der Waals surface area contributed by atoms with E-state index in [1.807, 2.05) is 37.3 Å². The molecule has 0 aliphatic rings. The second-order valence-corrected chi connectivity index (χ2v) is 5.14. The number of nitrogens with one attached hydrogen (secondary N) is 1. The van der Waals surface area contributed by atoms with E-state index in [-0.39, 0.29) is 16.7 Å². The van der Waals surface area contributed by atoms with Gasteiger partial charge in [0.15, 0.2) is 11.6 Å². The zero-order valence-electron chi connectivity index (χ0n) is 10.3. The van der Waals surface area contributed by atoms with E-state index in [1.165, 1.54) is 12.3 Å². The summed E-state index contributed by atoms with van der Waals surface area (Å²) in [5, 5.41) is 3.30. The second-order valence-electron chi connectivity index (χ2n) is 4.44. The van der Waals surface area contributed by atoms with Crippen LogP contribution in [0.1, 0.15) is 12.5 Å². The first kappa shape index (κ1) is 14.1. The molecule has 100 valence electrons. The van der Waals surface area contributed by atoms with E-state index in [9.17, 15) is 4.39 Å². The lowest BCUT2D eigenvalue weighted by Gasteiger charge is -2.30. The molecule has 0 saturated carbocycles. The minimum atomic E-state index is -0.607. The fourth-order valence-corrected chi connectivity index (χ4v) is 2.12. The van der Waals surface area contributed by atoms with Crippen molar-refractivity contribution in [3.63, 3.8) is 0 Å². The topological polar surface area (TPSA) is 24.9 Å². The predicted molar refractivity (Wildman–Crippen MR) is 77.3 cm³/mol. The number of anilines is 1. The Morgan fingerprint density at radius 1 is 1.32 bits per heavy atom. The Bertz CT molecular complexity index is 563. The number of halogens is 3. The normalized spacial score (nSPS) is 13.9. The SMILES string of the molecule is CC(CCl)(Nc1ncc(Cl)cc1F)c1ccccc1. The molecule has 1 unspecified atom stereocenters. The lowest BCUT2D eigenvalue weighted by Crippen LogP contribution is -2.34.